The van der Waals surface area contributed by atoms with Crippen LogP contribution >= 0.6 is 0 Å². The molecule has 0 N–H and O–H groups in total. The fourth-order valence-electron chi connectivity index (χ4n) is 3.93. The number of aryl methyl sites for hydroxylation is 1. The zero-order valence-corrected chi connectivity index (χ0v) is 17.5. The first-order valence-electron chi connectivity index (χ1n) is 9.76. The monoisotopic (exact) mass is 390 g/mol. The van der Waals surface area contributed by atoms with Crippen molar-refractivity contribution in [1.29, 1.82) is 0 Å². The van der Waals surface area contributed by atoms with Crippen molar-refractivity contribution in [3.05, 3.63) is 65.4 Å². The Morgan fingerprint density at radius 1 is 1.00 bits per heavy atom. The molecular formula is C24H26N2O3. The van der Waals surface area contributed by atoms with E-state index in [1.807, 2.05) is 30.3 Å². The molecule has 0 bridgehead atoms. The van der Waals surface area contributed by atoms with E-state index in [4.69, 9.17) is 19.3 Å². The second-order valence-electron chi connectivity index (χ2n) is 7.98. The number of rotatable bonds is 5. The summed E-state index contributed by atoms with van der Waals surface area (Å²) in [6, 6.07) is 16.2. The average molecular weight is 390 g/mol. The van der Waals surface area contributed by atoms with Crippen molar-refractivity contribution in [3.63, 3.8) is 0 Å². The van der Waals surface area contributed by atoms with E-state index in [1.54, 1.807) is 14.2 Å². The minimum atomic E-state index is -0.277. The molecule has 4 rings (SSSR count). The third-order valence-electron chi connectivity index (χ3n) is 5.71. The number of pyridine rings is 1. The van der Waals surface area contributed by atoms with Crippen LogP contribution in [0.15, 0.2) is 53.7 Å². The number of para-hydroxylation sites is 1. The number of oxime groups is 1. The Balaban J connectivity index is 1.61. The molecule has 1 unspecified atom stereocenters. The summed E-state index contributed by atoms with van der Waals surface area (Å²) < 4.78 is 10.8. The van der Waals surface area contributed by atoms with Gasteiger partial charge in [-0.05, 0) is 42.8 Å². The Kier molecular flexibility index (Phi) is 4.91. The number of methoxy groups -OCH3 is 2. The van der Waals surface area contributed by atoms with Gasteiger partial charge < -0.3 is 14.3 Å². The summed E-state index contributed by atoms with van der Waals surface area (Å²) in [5.74, 6) is 1.37. The number of aromatic nitrogens is 1. The van der Waals surface area contributed by atoms with Crippen molar-refractivity contribution >= 4 is 16.6 Å². The van der Waals surface area contributed by atoms with Gasteiger partial charge in [-0.25, -0.2) is 0 Å². The first-order chi connectivity index (χ1) is 13.9. The highest BCUT2D eigenvalue weighted by Gasteiger charge is 2.43. The van der Waals surface area contributed by atoms with E-state index >= 15 is 0 Å². The van der Waals surface area contributed by atoms with Crippen molar-refractivity contribution in [2.75, 3.05) is 14.2 Å². The quantitative estimate of drug-likeness (QED) is 0.620. The summed E-state index contributed by atoms with van der Waals surface area (Å²) >= 11 is 0. The van der Waals surface area contributed by atoms with E-state index < -0.39 is 0 Å². The first kappa shape index (κ1) is 19.2. The molecule has 0 fully saturated rings. The second kappa shape index (κ2) is 7.39. The highest BCUT2D eigenvalue weighted by atomic mass is 16.6. The predicted octanol–water partition coefficient (Wildman–Crippen LogP) is 4.93. The van der Waals surface area contributed by atoms with Crippen LogP contribution in [0.25, 0.3) is 10.9 Å². The summed E-state index contributed by atoms with van der Waals surface area (Å²) in [6.45, 7) is 6.45. The molecule has 1 aliphatic heterocycles. The topological polar surface area (TPSA) is 52.9 Å². The molecule has 0 saturated carbocycles. The van der Waals surface area contributed by atoms with E-state index in [1.165, 1.54) is 10.9 Å². The van der Waals surface area contributed by atoms with Crippen molar-refractivity contribution in [2.24, 2.45) is 10.6 Å². The van der Waals surface area contributed by atoms with E-state index in [-0.39, 0.29) is 11.5 Å². The van der Waals surface area contributed by atoms with Crippen LogP contribution in [-0.4, -0.2) is 31.0 Å². The van der Waals surface area contributed by atoms with Gasteiger partial charge in [-0.1, -0.05) is 37.2 Å². The zero-order valence-electron chi connectivity index (χ0n) is 17.5. The summed E-state index contributed by atoms with van der Waals surface area (Å²) in [4.78, 5) is 10.7. The van der Waals surface area contributed by atoms with Crippen LogP contribution < -0.4 is 9.47 Å². The average Bonchev–Trinajstić information content (AvgIpc) is 3.01. The van der Waals surface area contributed by atoms with Crippen LogP contribution in [0.5, 0.6) is 11.5 Å². The van der Waals surface area contributed by atoms with E-state index in [9.17, 15) is 0 Å². The van der Waals surface area contributed by atoms with Gasteiger partial charge in [0.1, 0.15) is 6.10 Å². The number of fused-ring (bicyclic) bond motifs is 1. The van der Waals surface area contributed by atoms with Gasteiger partial charge in [0.25, 0.3) is 0 Å². The van der Waals surface area contributed by atoms with Gasteiger partial charge in [0.2, 0.25) is 0 Å². The molecule has 1 aromatic heterocycles. The second-order valence-corrected chi connectivity index (χ2v) is 7.98. The van der Waals surface area contributed by atoms with Crippen molar-refractivity contribution in [3.8, 4) is 11.5 Å². The lowest BCUT2D eigenvalue weighted by Crippen LogP contribution is -2.35. The van der Waals surface area contributed by atoms with Crippen LogP contribution in [0.1, 0.15) is 30.7 Å². The van der Waals surface area contributed by atoms with Crippen LogP contribution in [0.2, 0.25) is 0 Å². The molecule has 3 aromatic rings. The molecular weight excluding hydrogens is 364 g/mol. The molecule has 0 saturated heterocycles. The number of benzene rings is 2. The predicted molar refractivity (Wildman–Crippen MR) is 115 cm³/mol. The lowest BCUT2D eigenvalue weighted by Gasteiger charge is -2.26. The molecule has 0 aliphatic carbocycles. The van der Waals surface area contributed by atoms with Gasteiger partial charge in [-0.15, -0.1) is 0 Å². The van der Waals surface area contributed by atoms with Crippen molar-refractivity contribution in [1.82, 2.24) is 4.98 Å². The summed E-state index contributed by atoms with van der Waals surface area (Å²) in [6.07, 6.45) is 0.595. The Hall–Kier alpha value is -3.08. The van der Waals surface area contributed by atoms with E-state index in [0.29, 0.717) is 17.9 Å². The van der Waals surface area contributed by atoms with Gasteiger partial charge in [-0.3, -0.25) is 4.98 Å². The number of hydrogen-bond acceptors (Lipinski definition) is 5. The molecule has 2 heterocycles. The van der Waals surface area contributed by atoms with Gasteiger partial charge in [0.05, 0.1) is 30.9 Å². The third-order valence-corrected chi connectivity index (χ3v) is 5.71. The fraction of sp³-hybridized carbons (Fsp3) is 0.333. The van der Waals surface area contributed by atoms with E-state index in [0.717, 1.165) is 22.5 Å². The lowest BCUT2D eigenvalue weighted by atomic mass is 9.77. The maximum atomic E-state index is 5.90. The molecule has 2 aromatic carbocycles. The Morgan fingerprint density at radius 2 is 1.76 bits per heavy atom. The maximum absolute atomic E-state index is 5.90. The largest absolute Gasteiger partial charge is 0.493 e. The van der Waals surface area contributed by atoms with Crippen molar-refractivity contribution < 1.29 is 14.3 Å². The maximum Gasteiger partial charge on any atom is 0.161 e. The normalized spacial score (nSPS) is 17.7. The smallest absolute Gasteiger partial charge is 0.161 e. The summed E-state index contributed by atoms with van der Waals surface area (Å²) in [7, 11) is 3.27. The Bertz CT molecular complexity index is 1090. The highest BCUT2D eigenvalue weighted by molar-refractivity contribution is 6.05. The minimum absolute atomic E-state index is 0.0985. The number of hydrogen-bond donors (Lipinski definition) is 0. The molecule has 5 nitrogen and oxygen atoms in total. The molecule has 0 radical (unpaired) electrons. The standard InChI is InChI=1S/C24H26N2O3/c1-15-12-17(25-19-9-7-6-8-18(15)19)14-22-24(2,3)23(26-29-22)16-10-11-20(27-4)21(13-16)28-5/h6-13,22H,14H2,1-5H3. The SMILES string of the molecule is COc1ccc(C2=NOC(Cc3cc(C)c4ccccc4n3)C2(C)C)cc1OC. The Morgan fingerprint density at radius 3 is 2.52 bits per heavy atom. The fourth-order valence-corrected chi connectivity index (χ4v) is 3.93. The zero-order chi connectivity index (χ0) is 20.6. The van der Waals surface area contributed by atoms with Gasteiger partial charge in [0, 0.05) is 23.1 Å². The van der Waals surface area contributed by atoms with Crippen LogP contribution in [0, 0.1) is 12.3 Å². The molecule has 29 heavy (non-hydrogen) atoms. The van der Waals surface area contributed by atoms with E-state index in [2.05, 4.69) is 44.1 Å². The van der Waals surface area contributed by atoms with Gasteiger partial charge >= 0.3 is 0 Å². The summed E-state index contributed by atoms with van der Waals surface area (Å²) in [5, 5.41) is 5.63. The van der Waals surface area contributed by atoms with Crippen LogP contribution in [0.4, 0.5) is 0 Å². The Labute approximate surface area is 171 Å². The number of ether oxygens (including phenoxy) is 2. The van der Waals surface area contributed by atoms with Crippen LogP contribution in [-0.2, 0) is 11.3 Å². The molecule has 1 aliphatic rings. The third kappa shape index (κ3) is 3.41. The minimum Gasteiger partial charge on any atom is -0.493 e. The van der Waals surface area contributed by atoms with Crippen molar-refractivity contribution in [2.45, 2.75) is 33.3 Å². The highest BCUT2D eigenvalue weighted by Crippen LogP contribution is 2.38. The molecule has 0 amide bonds. The van der Waals surface area contributed by atoms with Gasteiger partial charge in [0.15, 0.2) is 11.5 Å². The first-order valence-corrected chi connectivity index (χ1v) is 9.76. The summed E-state index contributed by atoms with van der Waals surface area (Å²) in [5.41, 5.74) is 4.85. The number of nitrogens with zero attached hydrogens (tertiary/aromatic N) is 2. The molecule has 0 spiro atoms. The van der Waals surface area contributed by atoms with Gasteiger partial charge in [-0.2, -0.15) is 0 Å². The molecule has 5 heteroatoms. The molecule has 150 valence electrons. The lowest BCUT2D eigenvalue weighted by molar-refractivity contribution is 0.0365. The molecule has 1 atom stereocenters. The van der Waals surface area contributed by atoms with Crippen LogP contribution in [0.3, 0.4) is 0 Å².